The minimum atomic E-state index is -1.50. The number of hydrogen-bond donors (Lipinski definition) is 4. The van der Waals surface area contributed by atoms with Crippen LogP contribution in [0.1, 0.15) is 10.4 Å². The molecule has 2 aromatic rings. The van der Waals surface area contributed by atoms with Crippen LogP contribution in [-0.4, -0.2) is 70.8 Å². The van der Waals surface area contributed by atoms with E-state index in [0.717, 1.165) is 11.1 Å². The molecule has 4 N–H and O–H groups in total. The highest BCUT2D eigenvalue weighted by Crippen LogP contribution is 2.27. The molecule has 1 heterocycles. The van der Waals surface area contributed by atoms with Crippen molar-refractivity contribution >= 4 is 5.97 Å². The number of benzene rings is 2. The Morgan fingerprint density at radius 3 is 2.36 bits per heavy atom. The molecule has 0 spiro atoms. The highest BCUT2D eigenvalue weighted by molar-refractivity contribution is 5.90. The molecule has 0 aliphatic carbocycles. The van der Waals surface area contributed by atoms with Gasteiger partial charge in [-0.3, -0.25) is 0 Å². The number of methoxy groups -OCH3 is 1. The molecule has 8 nitrogen and oxygen atoms in total. The summed E-state index contributed by atoms with van der Waals surface area (Å²) in [5.74, 6) is -0.0679. The number of rotatable bonds is 5. The van der Waals surface area contributed by atoms with Crippen LogP contribution in [0.5, 0.6) is 5.75 Å². The van der Waals surface area contributed by atoms with Crippen LogP contribution >= 0.6 is 0 Å². The van der Waals surface area contributed by atoms with E-state index >= 15 is 0 Å². The van der Waals surface area contributed by atoms with Crippen LogP contribution < -0.4 is 4.74 Å². The molecule has 0 saturated carbocycles. The maximum absolute atomic E-state index is 11.7. The van der Waals surface area contributed by atoms with E-state index in [-0.39, 0.29) is 0 Å². The molecule has 1 saturated heterocycles. The molecule has 1 fully saturated rings. The first-order valence-electron chi connectivity index (χ1n) is 8.70. The Kier molecular flexibility index (Phi) is 6.28. The van der Waals surface area contributed by atoms with Crippen molar-refractivity contribution in [3.05, 3.63) is 54.1 Å². The standard InChI is InChI=1S/C20H22O8/c1-26-19(25)13-4-2-3-12(9-13)11-5-7-14(8-6-11)27-20-18(24)17(23)16(22)15(10-21)28-20/h2-9,15-18,20-24H,10H2,1H3/t15-,16-,17+,18+,20+/m1/s1. The van der Waals surface area contributed by atoms with E-state index in [1.807, 2.05) is 6.07 Å². The second-order valence-corrected chi connectivity index (χ2v) is 6.41. The molecule has 0 unspecified atom stereocenters. The fraction of sp³-hybridized carbons (Fsp3) is 0.350. The Hall–Kier alpha value is -2.49. The molecule has 28 heavy (non-hydrogen) atoms. The molecule has 0 aromatic heterocycles. The van der Waals surface area contributed by atoms with E-state index < -0.39 is 43.3 Å². The van der Waals surface area contributed by atoms with Gasteiger partial charge in [-0.05, 0) is 35.4 Å². The van der Waals surface area contributed by atoms with Gasteiger partial charge in [0.05, 0.1) is 19.3 Å². The minimum absolute atomic E-state index is 0.359. The average Bonchev–Trinajstić information content (AvgIpc) is 2.74. The number of carbonyl (C=O) groups excluding carboxylic acids is 1. The Morgan fingerprint density at radius 1 is 1.00 bits per heavy atom. The molecule has 3 rings (SSSR count). The van der Waals surface area contributed by atoms with Crippen LogP contribution in [0.4, 0.5) is 0 Å². The normalized spacial score (nSPS) is 27.2. The summed E-state index contributed by atoms with van der Waals surface area (Å²) < 4.78 is 15.6. The first-order valence-corrected chi connectivity index (χ1v) is 8.70. The quantitative estimate of drug-likeness (QED) is 0.538. The summed E-state index contributed by atoms with van der Waals surface area (Å²) in [5.41, 5.74) is 2.07. The zero-order valence-electron chi connectivity index (χ0n) is 15.1. The zero-order valence-corrected chi connectivity index (χ0v) is 15.1. The smallest absolute Gasteiger partial charge is 0.337 e. The highest BCUT2D eigenvalue weighted by Gasteiger charge is 2.44. The van der Waals surface area contributed by atoms with E-state index in [2.05, 4.69) is 0 Å². The Balaban J connectivity index is 1.74. The molecule has 5 atom stereocenters. The molecule has 0 radical (unpaired) electrons. The van der Waals surface area contributed by atoms with Crippen molar-refractivity contribution in [3.63, 3.8) is 0 Å². The third-order valence-corrected chi connectivity index (χ3v) is 4.57. The van der Waals surface area contributed by atoms with E-state index in [4.69, 9.17) is 14.2 Å². The van der Waals surface area contributed by atoms with Gasteiger partial charge in [-0.2, -0.15) is 0 Å². The second kappa shape index (κ2) is 8.68. The van der Waals surface area contributed by atoms with Crippen LogP contribution in [0.15, 0.2) is 48.5 Å². The second-order valence-electron chi connectivity index (χ2n) is 6.41. The van der Waals surface area contributed by atoms with Gasteiger partial charge >= 0.3 is 5.97 Å². The number of aliphatic hydroxyl groups is 4. The van der Waals surface area contributed by atoms with Gasteiger partial charge in [0, 0.05) is 0 Å². The highest BCUT2D eigenvalue weighted by atomic mass is 16.7. The van der Waals surface area contributed by atoms with Crippen molar-refractivity contribution in [1.82, 2.24) is 0 Å². The number of ether oxygens (including phenoxy) is 3. The van der Waals surface area contributed by atoms with Gasteiger partial charge in [0.15, 0.2) is 0 Å². The first kappa shape index (κ1) is 20.2. The van der Waals surface area contributed by atoms with E-state index in [1.165, 1.54) is 7.11 Å². The summed E-state index contributed by atoms with van der Waals surface area (Å²) in [6.45, 7) is -0.528. The van der Waals surface area contributed by atoms with Crippen LogP contribution in [-0.2, 0) is 9.47 Å². The molecule has 8 heteroatoms. The molecule has 1 aliphatic rings. The van der Waals surface area contributed by atoms with Crippen molar-refractivity contribution in [2.75, 3.05) is 13.7 Å². The summed E-state index contributed by atoms with van der Waals surface area (Å²) in [4.78, 5) is 11.7. The molecular weight excluding hydrogens is 368 g/mol. The van der Waals surface area contributed by atoms with Crippen molar-refractivity contribution < 1.29 is 39.4 Å². The van der Waals surface area contributed by atoms with Crippen molar-refractivity contribution in [2.24, 2.45) is 0 Å². The van der Waals surface area contributed by atoms with E-state index in [0.29, 0.717) is 11.3 Å². The maximum Gasteiger partial charge on any atom is 0.337 e. The third-order valence-electron chi connectivity index (χ3n) is 4.57. The van der Waals surface area contributed by atoms with E-state index in [1.54, 1.807) is 42.5 Å². The summed E-state index contributed by atoms with van der Waals surface area (Å²) in [5, 5.41) is 38.9. The van der Waals surface area contributed by atoms with Crippen molar-refractivity contribution in [2.45, 2.75) is 30.7 Å². The summed E-state index contributed by atoms with van der Waals surface area (Å²) in [6.07, 6.45) is -6.71. The Labute approximate surface area is 161 Å². The van der Waals surface area contributed by atoms with Gasteiger partial charge in [-0.25, -0.2) is 4.79 Å². The average molecular weight is 390 g/mol. The summed E-state index contributed by atoms with van der Waals surface area (Å²) in [6, 6.07) is 13.8. The molecule has 2 aromatic carbocycles. The fourth-order valence-corrected chi connectivity index (χ4v) is 2.97. The Bertz CT molecular complexity index is 804. The van der Waals surface area contributed by atoms with Crippen LogP contribution in [0.3, 0.4) is 0 Å². The molecule has 1 aliphatic heterocycles. The van der Waals surface area contributed by atoms with Gasteiger partial charge < -0.3 is 34.6 Å². The lowest BCUT2D eigenvalue weighted by Crippen LogP contribution is -2.60. The number of esters is 1. The fourth-order valence-electron chi connectivity index (χ4n) is 2.97. The predicted octanol–water partition coefficient (Wildman–Crippen LogP) is 0.319. The van der Waals surface area contributed by atoms with Crippen LogP contribution in [0, 0.1) is 0 Å². The first-order chi connectivity index (χ1) is 13.4. The third kappa shape index (κ3) is 4.16. The number of aliphatic hydroxyl groups excluding tert-OH is 4. The molecular formula is C20H22O8. The van der Waals surface area contributed by atoms with Gasteiger partial charge in [0.25, 0.3) is 0 Å². The maximum atomic E-state index is 11.7. The lowest BCUT2D eigenvalue weighted by molar-refractivity contribution is -0.277. The summed E-state index contributed by atoms with van der Waals surface area (Å²) >= 11 is 0. The summed E-state index contributed by atoms with van der Waals surface area (Å²) in [7, 11) is 1.32. The largest absolute Gasteiger partial charge is 0.465 e. The van der Waals surface area contributed by atoms with Crippen molar-refractivity contribution in [3.8, 4) is 16.9 Å². The Morgan fingerprint density at radius 2 is 1.71 bits per heavy atom. The van der Waals surface area contributed by atoms with Gasteiger partial charge in [0.2, 0.25) is 6.29 Å². The van der Waals surface area contributed by atoms with Crippen LogP contribution in [0.25, 0.3) is 11.1 Å². The van der Waals surface area contributed by atoms with Gasteiger partial charge in [-0.1, -0.05) is 24.3 Å². The topological polar surface area (TPSA) is 126 Å². The van der Waals surface area contributed by atoms with Crippen molar-refractivity contribution in [1.29, 1.82) is 0 Å². The number of carbonyl (C=O) groups is 1. The lowest BCUT2D eigenvalue weighted by Gasteiger charge is -2.39. The number of hydrogen-bond acceptors (Lipinski definition) is 8. The van der Waals surface area contributed by atoms with Gasteiger partial charge in [-0.15, -0.1) is 0 Å². The van der Waals surface area contributed by atoms with E-state index in [9.17, 15) is 25.2 Å². The molecule has 0 bridgehead atoms. The predicted molar refractivity (Wildman–Crippen MR) is 97.6 cm³/mol. The SMILES string of the molecule is COC(=O)c1cccc(-c2ccc(O[C@H]3O[C@H](CO)[C@@H](O)[C@H](O)[C@@H]3O)cc2)c1. The lowest BCUT2D eigenvalue weighted by atomic mass is 9.99. The zero-order chi connectivity index (χ0) is 20.3. The molecule has 150 valence electrons. The van der Waals surface area contributed by atoms with Gasteiger partial charge in [0.1, 0.15) is 30.2 Å². The van der Waals surface area contributed by atoms with Crippen LogP contribution in [0.2, 0.25) is 0 Å². The monoisotopic (exact) mass is 390 g/mol. The molecule has 0 amide bonds. The minimum Gasteiger partial charge on any atom is -0.465 e.